The van der Waals surface area contributed by atoms with Crippen molar-refractivity contribution in [2.24, 2.45) is 0 Å². The molecule has 0 aliphatic carbocycles. The van der Waals surface area contributed by atoms with Crippen LogP contribution in [0, 0.1) is 10.1 Å². The van der Waals surface area contributed by atoms with Gasteiger partial charge in [0.2, 0.25) is 0 Å². The summed E-state index contributed by atoms with van der Waals surface area (Å²) in [6, 6.07) is 12.1. The van der Waals surface area contributed by atoms with Crippen LogP contribution in [0.5, 0.6) is 0 Å². The van der Waals surface area contributed by atoms with E-state index in [-0.39, 0.29) is 5.69 Å². The lowest BCUT2D eigenvalue weighted by atomic mass is 10.1. The number of aliphatic hydroxyl groups is 1. The van der Waals surface area contributed by atoms with E-state index in [9.17, 15) is 15.2 Å². The Kier molecular flexibility index (Phi) is 4.80. The second-order valence-electron chi connectivity index (χ2n) is 4.21. The third-order valence-corrected chi connectivity index (χ3v) is 4.39. The second kappa shape index (κ2) is 6.39. The molecule has 0 aromatic heterocycles. The number of aliphatic hydroxyl groups excluding tert-OH is 1. The van der Waals surface area contributed by atoms with Gasteiger partial charge in [0, 0.05) is 26.4 Å². The summed E-state index contributed by atoms with van der Waals surface area (Å²) in [4.78, 5) is 12.1. The molecular weight excluding hydrogens is 342 g/mol. The van der Waals surface area contributed by atoms with Crippen molar-refractivity contribution in [1.29, 1.82) is 0 Å². The number of nitro groups is 1. The fourth-order valence-electron chi connectivity index (χ4n) is 1.68. The van der Waals surface area contributed by atoms with Crippen molar-refractivity contribution >= 4 is 33.4 Å². The highest BCUT2D eigenvalue weighted by Gasteiger charge is 2.08. The Morgan fingerprint density at radius 3 is 2.30 bits per heavy atom. The van der Waals surface area contributed by atoms with Gasteiger partial charge in [-0.25, -0.2) is 0 Å². The van der Waals surface area contributed by atoms with Gasteiger partial charge < -0.3 is 5.11 Å². The van der Waals surface area contributed by atoms with Crippen molar-refractivity contribution in [3.63, 3.8) is 0 Å². The summed E-state index contributed by atoms with van der Waals surface area (Å²) < 4.78 is 0.847. The first-order chi connectivity index (χ1) is 9.47. The predicted molar refractivity (Wildman–Crippen MR) is 82.0 cm³/mol. The van der Waals surface area contributed by atoms with Gasteiger partial charge in [-0.3, -0.25) is 10.1 Å². The third kappa shape index (κ3) is 3.59. The van der Waals surface area contributed by atoms with Gasteiger partial charge in [-0.1, -0.05) is 33.8 Å². The Hall–Kier alpha value is -1.37. The van der Waals surface area contributed by atoms with Crippen molar-refractivity contribution in [3.8, 4) is 0 Å². The van der Waals surface area contributed by atoms with Gasteiger partial charge in [0.25, 0.3) is 5.69 Å². The van der Waals surface area contributed by atoms with Gasteiger partial charge >= 0.3 is 0 Å². The van der Waals surface area contributed by atoms with E-state index >= 15 is 0 Å². The molecule has 1 unspecified atom stereocenters. The largest absolute Gasteiger partial charge is 0.389 e. The molecule has 0 amide bonds. The molecule has 1 atom stereocenters. The summed E-state index contributed by atoms with van der Waals surface area (Å²) in [7, 11) is 0. The van der Waals surface area contributed by atoms with Crippen LogP contribution < -0.4 is 0 Å². The van der Waals surface area contributed by atoms with Gasteiger partial charge in [-0.05, 0) is 36.8 Å². The maximum Gasteiger partial charge on any atom is 0.269 e. The minimum Gasteiger partial charge on any atom is -0.389 e. The monoisotopic (exact) mass is 353 g/mol. The van der Waals surface area contributed by atoms with Gasteiger partial charge in [0.05, 0.1) is 11.0 Å². The molecule has 1 N–H and O–H groups in total. The Morgan fingerprint density at radius 2 is 1.80 bits per heavy atom. The number of benzene rings is 2. The topological polar surface area (TPSA) is 63.4 Å². The van der Waals surface area contributed by atoms with Gasteiger partial charge in [-0.15, -0.1) is 0 Å². The van der Waals surface area contributed by atoms with Crippen LogP contribution >= 0.6 is 27.7 Å². The molecule has 0 bridgehead atoms. The first-order valence-corrected chi connectivity index (χ1v) is 7.48. The van der Waals surface area contributed by atoms with Crippen LogP contribution in [0.25, 0.3) is 0 Å². The van der Waals surface area contributed by atoms with E-state index in [4.69, 9.17) is 0 Å². The maximum absolute atomic E-state index is 10.6. The van der Waals surface area contributed by atoms with E-state index in [0.717, 1.165) is 19.8 Å². The number of hydrogen-bond acceptors (Lipinski definition) is 4. The molecular formula is C14H12BrNO3S. The molecule has 4 nitrogen and oxygen atoms in total. The second-order valence-corrected chi connectivity index (χ2v) is 6.21. The van der Waals surface area contributed by atoms with E-state index in [1.54, 1.807) is 19.1 Å². The molecule has 20 heavy (non-hydrogen) atoms. The molecule has 2 aromatic carbocycles. The van der Waals surface area contributed by atoms with Crippen LogP contribution in [0.3, 0.4) is 0 Å². The van der Waals surface area contributed by atoms with Crippen molar-refractivity contribution in [2.75, 3.05) is 0 Å². The summed E-state index contributed by atoms with van der Waals surface area (Å²) in [6.45, 7) is 1.71. The van der Waals surface area contributed by atoms with Crippen molar-refractivity contribution in [2.45, 2.75) is 22.8 Å². The van der Waals surface area contributed by atoms with E-state index in [1.165, 1.54) is 23.9 Å². The average molecular weight is 354 g/mol. The van der Waals surface area contributed by atoms with E-state index in [0.29, 0.717) is 0 Å². The molecule has 0 fully saturated rings. The van der Waals surface area contributed by atoms with Crippen LogP contribution in [0.15, 0.2) is 56.7 Å². The third-order valence-electron chi connectivity index (χ3n) is 2.71. The van der Waals surface area contributed by atoms with Gasteiger partial charge in [-0.2, -0.15) is 0 Å². The van der Waals surface area contributed by atoms with Crippen molar-refractivity contribution in [1.82, 2.24) is 0 Å². The highest BCUT2D eigenvalue weighted by molar-refractivity contribution is 9.10. The summed E-state index contributed by atoms with van der Waals surface area (Å²) in [6.07, 6.45) is -0.525. The molecule has 0 aliphatic rings. The first kappa shape index (κ1) is 15.0. The molecule has 0 radical (unpaired) electrons. The molecule has 0 spiro atoms. The normalized spacial score (nSPS) is 12.2. The Bertz CT molecular complexity index is 629. The standard InChI is InChI=1S/C14H12BrNO3S/c1-9(17)13-7-6-12(8-14(13)15)20-11-4-2-10(3-5-11)16(18)19/h2-9,17H,1H3. The van der Waals surface area contributed by atoms with Crippen LogP contribution in [-0.2, 0) is 0 Å². The summed E-state index contributed by atoms with van der Waals surface area (Å²) in [5, 5.41) is 20.2. The Labute approximate surface area is 129 Å². The first-order valence-electron chi connectivity index (χ1n) is 5.87. The highest BCUT2D eigenvalue weighted by atomic mass is 79.9. The maximum atomic E-state index is 10.6. The highest BCUT2D eigenvalue weighted by Crippen LogP contribution is 2.33. The quantitative estimate of drug-likeness (QED) is 0.646. The number of rotatable bonds is 4. The molecule has 2 rings (SSSR count). The smallest absolute Gasteiger partial charge is 0.269 e. The van der Waals surface area contributed by atoms with E-state index in [1.807, 2.05) is 18.2 Å². The molecule has 2 aromatic rings. The van der Waals surface area contributed by atoms with Crippen molar-refractivity contribution in [3.05, 3.63) is 62.6 Å². The zero-order valence-electron chi connectivity index (χ0n) is 10.6. The fraction of sp³-hybridized carbons (Fsp3) is 0.143. The summed E-state index contributed by atoms with van der Waals surface area (Å²) in [5.74, 6) is 0. The number of nitro benzene ring substituents is 1. The van der Waals surface area contributed by atoms with E-state index < -0.39 is 11.0 Å². The lowest BCUT2D eigenvalue weighted by molar-refractivity contribution is -0.384. The molecule has 104 valence electrons. The average Bonchev–Trinajstić information content (AvgIpc) is 2.39. The lowest BCUT2D eigenvalue weighted by Crippen LogP contribution is -1.92. The van der Waals surface area contributed by atoms with Crippen LogP contribution in [0.4, 0.5) is 5.69 Å². The number of hydrogen-bond donors (Lipinski definition) is 1. The van der Waals surface area contributed by atoms with Crippen LogP contribution in [-0.4, -0.2) is 10.0 Å². The van der Waals surface area contributed by atoms with Crippen LogP contribution in [0.1, 0.15) is 18.6 Å². The SMILES string of the molecule is CC(O)c1ccc(Sc2ccc([N+](=O)[O-])cc2)cc1Br. The molecule has 0 saturated heterocycles. The number of nitrogens with zero attached hydrogens (tertiary/aromatic N) is 1. The Morgan fingerprint density at radius 1 is 1.20 bits per heavy atom. The zero-order chi connectivity index (χ0) is 14.7. The lowest BCUT2D eigenvalue weighted by Gasteiger charge is -2.09. The van der Waals surface area contributed by atoms with E-state index in [2.05, 4.69) is 15.9 Å². The minimum atomic E-state index is -0.525. The molecule has 0 heterocycles. The molecule has 0 saturated carbocycles. The van der Waals surface area contributed by atoms with Gasteiger partial charge in [0.15, 0.2) is 0 Å². The van der Waals surface area contributed by atoms with Crippen LogP contribution in [0.2, 0.25) is 0 Å². The summed E-state index contributed by atoms with van der Waals surface area (Å²) >= 11 is 4.94. The predicted octanol–water partition coefficient (Wildman–Crippen LogP) is 4.56. The molecule has 0 aliphatic heterocycles. The minimum absolute atomic E-state index is 0.0833. The van der Waals surface area contributed by atoms with Crippen molar-refractivity contribution < 1.29 is 10.0 Å². The number of non-ortho nitro benzene ring substituents is 1. The molecule has 6 heteroatoms. The summed E-state index contributed by atoms with van der Waals surface area (Å²) in [5.41, 5.74) is 0.915. The van der Waals surface area contributed by atoms with Gasteiger partial charge in [0.1, 0.15) is 0 Å². The fourth-order valence-corrected chi connectivity index (χ4v) is 3.40. The zero-order valence-corrected chi connectivity index (χ0v) is 13.0. The Balaban J connectivity index is 2.17. The number of halogens is 1.